The van der Waals surface area contributed by atoms with Crippen LogP contribution in [-0.2, 0) is 0 Å². The second-order valence-corrected chi connectivity index (χ2v) is 6.48. The Bertz CT molecular complexity index is 918. The van der Waals surface area contributed by atoms with Gasteiger partial charge in [-0.15, -0.1) is 10.2 Å². The standard InChI is InChI=1S/C20H22N6O2/c1-28-17-6-4-5-16(15-17)21-20(27)26-13-11-25(12-14-26)19-8-7-18(22-23-19)24-9-2-3-10-24/h2-10,15H,11-14H2,1H3,(H,21,27). The smallest absolute Gasteiger partial charge is 0.321 e. The van der Waals surface area contributed by atoms with E-state index in [0.29, 0.717) is 31.9 Å². The number of carbonyl (C=O) groups excluding carboxylic acids is 1. The molecule has 3 aromatic rings. The number of ether oxygens (including phenoxy) is 1. The van der Waals surface area contributed by atoms with Crippen LogP contribution in [0.25, 0.3) is 5.82 Å². The molecule has 1 aliphatic rings. The second-order valence-electron chi connectivity index (χ2n) is 6.48. The highest BCUT2D eigenvalue weighted by Crippen LogP contribution is 2.18. The van der Waals surface area contributed by atoms with Gasteiger partial charge in [-0.2, -0.15) is 0 Å². The molecule has 4 rings (SSSR count). The summed E-state index contributed by atoms with van der Waals surface area (Å²) in [6, 6.07) is 15.0. The highest BCUT2D eigenvalue weighted by molar-refractivity contribution is 5.89. The van der Waals surface area contributed by atoms with Gasteiger partial charge in [-0.25, -0.2) is 4.79 Å². The van der Waals surface area contributed by atoms with E-state index in [1.54, 1.807) is 18.1 Å². The zero-order valence-electron chi connectivity index (χ0n) is 15.7. The van der Waals surface area contributed by atoms with Crippen LogP contribution >= 0.6 is 0 Å². The van der Waals surface area contributed by atoms with E-state index >= 15 is 0 Å². The topological polar surface area (TPSA) is 75.5 Å². The van der Waals surface area contributed by atoms with Gasteiger partial charge in [0.1, 0.15) is 5.75 Å². The number of amides is 2. The van der Waals surface area contributed by atoms with E-state index in [2.05, 4.69) is 20.4 Å². The lowest BCUT2D eigenvalue weighted by Gasteiger charge is -2.35. The Hall–Kier alpha value is -3.55. The van der Waals surface area contributed by atoms with E-state index in [9.17, 15) is 4.79 Å². The summed E-state index contributed by atoms with van der Waals surface area (Å²) in [5.41, 5.74) is 0.721. The quantitative estimate of drug-likeness (QED) is 0.755. The van der Waals surface area contributed by atoms with Gasteiger partial charge in [-0.05, 0) is 36.4 Å². The van der Waals surface area contributed by atoms with Gasteiger partial charge in [0, 0.05) is 50.3 Å². The van der Waals surface area contributed by atoms with E-state index in [4.69, 9.17) is 4.74 Å². The number of benzene rings is 1. The Morgan fingerprint density at radius 2 is 1.68 bits per heavy atom. The van der Waals surface area contributed by atoms with Gasteiger partial charge in [0.05, 0.1) is 7.11 Å². The second kappa shape index (κ2) is 7.99. The highest BCUT2D eigenvalue weighted by atomic mass is 16.5. The Labute approximate surface area is 163 Å². The largest absolute Gasteiger partial charge is 0.497 e. The molecule has 28 heavy (non-hydrogen) atoms. The maximum absolute atomic E-state index is 12.5. The molecule has 1 aliphatic heterocycles. The van der Waals surface area contributed by atoms with Crippen LogP contribution in [-0.4, -0.2) is 59.0 Å². The van der Waals surface area contributed by atoms with Crippen molar-refractivity contribution in [2.24, 2.45) is 0 Å². The zero-order chi connectivity index (χ0) is 19.3. The van der Waals surface area contributed by atoms with Gasteiger partial charge in [-0.1, -0.05) is 6.07 Å². The lowest BCUT2D eigenvalue weighted by molar-refractivity contribution is 0.208. The first-order valence-corrected chi connectivity index (χ1v) is 9.15. The molecule has 0 radical (unpaired) electrons. The Morgan fingerprint density at radius 3 is 2.36 bits per heavy atom. The monoisotopic (exact) mass is 378 g/mol. The van der Waals surface area contributed by atoms with Crippen LogP contribution in [0.3, 0.4) is 0 Å². The molecule has 0 atom stereocenters. The predicted octanol–water partition coefficient (Wildman–Crippen LogP) is 2.63. The van der Waals surface area contributed by atoms with E-state index in [1.165, 1.54) is 0 Å². The van der Waals surface area contributed by atoms with Crippen LogP contribution in [0.5, 0.6) is 5.75 Å². The summed E-state index contributed by atoms with van der Waals surface area (Å²) in [6.07, 6.45) is 3.87. The lowest BCUT2D eigenvalue weighted by Crippen LogP contribution is -2.50. The normalized spacial score (nSPS) is 14.0. The Morgan fingerprint density at radius 1 is 0.964 bits per heavy atom. The molecule has 1 saturated heterocycles. The van der Waals surface area contributed by atoms with Gasteiger partial charge in [-0.3, -0.25) is 0 Å². The maximum Gasteiger partial charge on any atom is 0.321 e. The number of piperazine rings is 1. The number of urea groups is 1. The number of aromatic nitrogens is 3. The molecule has 8 heteroatoms. The van der Waals surface area contributed by atoms with Crippen LogP contribution in [0.2, 0.25) is 0 Å². The number of rotatable bonds is 4. The Balaban J connectivity index is 1.33. The number of methoxy groups -OCH3 is 1. The highest BCUT2D eigenvalue weighted by Gasteiger charge is 2.22. The van der Waals surface area contributed by atoms with Crippen LogP contribution in [0.15, 0.2) is 60.9 Å². The lowest BCUT2D eigenvalue weighted by atomic mass is 10.3. The number of anilines is 2. The van der Waals surface area contributed by atoms with Crippen LogP contribution in [0, 0.1) is 0 Å². The molecule has 0 saturated carbocycles. The average molecular weight is 378 g/mol. The van der Waals surface area contributed by atoms with Crippen molar-refractivity contribution in [1.82, 2.24) is 19.7 Å². The van der Waals surface area contributed by atoms with Gasteiger partial charge in [0.25, 0.3) is 0 Å². The molecule has 1 N–H and O–H groups in total. The van der Waals surface area contributed by atoms with Gasteiger partial charge in [0.15, 0.2) is 11.6 Å². The molecule has 2 amide bonds. The molecular weight excluding hydrogens is 356 g/mol. The van der Waals surface area contributed by atoms with Gasteiger partial charge < -0.3 is 24.4 Å². The zero-order valence-corrected chi connectivity index (χ0v) is 15.7. The number of hydrogen-bond donors (Lipinski definition) is 1. The average Bonchev–Trinajstić information content (AvgIpc) is 3.29. The van der Waals surface area contributed by atoms with E-state index in [0.717, 1.165) is 17.3 Å². The third kappa shape index (κ3) is 3.90. The molecule has 144 valence electrons. The molecule has 1 aromatic carbocycles. The first kappa shape index (κ1) is 17.8. The number of carbonyl (C=O) groups is 1. The minimum atomic E-state index is -0.109. The molecule has 8 nitrogen and oxygen atoms in total. The number of hydrogen-bond acceptors (Lipinski definition) is 5. The van der Waals surface area contributed by atoms with Crippen molar-refractivity contribution >= 4 is 17.5 Å². The van der Waals surface area contributed by atoms with Crippen molar-refractivity contribution < 1.29 is 9.53 Å². The van der Waals surface area contributed by atoms with Gasteiger partial charge in [0.2, 0.25) is 0 Å². The minimum absolute atomic E-state index is 0.109. The van der Waals surface area contributed by atoms with Crippen molar-refractivity contribution in [3.63, 3.8) is 0 Å². The SMILES string of the molecule is COc1cccc(NC(=O)N2CCN(c3ccc(-n4cccc4)nn3)CC2)c1. The van der Waals surface area contributed by atoms with Crippen LogP contribution in [0.1, 0.15) is 0 Å². The van der Waals surface area contributed by atoms with Crippen molar-refractivity contribution in [1.29, 1.82) is 0 Å². The maximum atomic E-state index is 12.5. The molecule has 0 spiro atoms. The van der Waals surface area contributed by atoms with Crippen LogP contribution < -0.4 is 15.0 Å². The fourth-order valence-corrected chi connectivity index (χ4v) is 3.15. The fourth-order valence-electron chi connectivity index (χ4n) is 3.15. The molecule has 1 fully saturated rings. The summed E-state index contributed by atoms with van der Waals surface area (Å²) in [4.78, 5) is 16.5. The summed E-state index contributed by atoms with van der Waals surface area (Å²) in [5, 5.41) is 11.5. The van der Waals surface area contributed by atoms with Crippen molar-refractivity contribution in [3.05, 3.63) is 60.9 Å². The first-order chi connectivity index (χ1) is 13.7. The van der Waals surface area contributed by atoms with Crippen molar-refractivity contribution in [2.75, 3.05) is 43.5 Å². The van der Waals surface area contributed by atoms with Crippen molar-refractivity contribution in [3.8, 4) is 11.6 Å². The van der Waals surface area contributed by atoms with E-state index in [-0.39, 0.29) is 6.03 Å². The third-order valence-electron chi connectivity index (χ3n) is 4.72. The van der Waals surface area contributed by atoms with Crippen LogP contribution in [0.4, 0.5) is 16.3 Å². The first-order valence-electron chi connectivity index (χ1n) is 9.15. The molecule has 0 bridgehead atoms. The number of nitrogens with zero attached hydrogens (tertiary/aromatic N) is 5. The summed E-state index contributed by atoms with van der Waals surface area (Å²) >= 11 is 0. The van der Waals surface area contributed by atoms with Gasteiger partial charge >= 0.3 is 6.03 Å². The van der Waals surface area contributed by atoms with Crippen molar-refractivity contribution in [2.45, 2.75) is 0 Å². The number of nitrogens with one attached hydrogen (secondary N) is 1. The Kier molecular flexibility index (Phi) is 5.09. The fraction of sp³-hybridized carbons (Fsp3) is 0.250. The molecule has 0 unspecified atom stereocenters. The summed E-state index contributed by atoms with van der Waals surface area (Å²) < 4.78 is 7.11. The van der Waals surface area contributed by atoms with E-state index in [1.807, 2.05) is 59.4 Å². The summed E-state index contributed by atoms with van der Waals surface area (Å²) in [6.45, 7) is 2.67. The molecule has 0 aliphatic carbocycles. The third-order valence-corrected chi connectivity index (χ3v) is 4.72. The molecular formula is C20H22N6O2. The molecule has 3 heterocycles. The van der Waals surface area contributed by atoms with E-state index < -0.39 is 0 Å². The predicted molar refractivity (Wildman–Crippen MR) is 107 cm³/mol. The summed E-state index contributed by atoms with van der Waals surface area (Å²) in [7, 11) is 1.61. The minimum Gasteiger partial charge on any atom is -0.497 e. The molecule has 2 aromatic heterocycles. The summed E-state index contributed by atoms with van der Waals surface area (Å²) in [5.74, 6) is 2.32.